The molecule has 152 valence electrons. The van der Waals surface area contributed by atoms with Crippen molar-refractivity contribution in [2.24, 2.45) is 0 Å². The maximum atomic E-state index is 12.3. The number of hydrogen-bond acceptors (Lipinski definition) is 3. The summed E-state index contributed by atoms with van der Waals surface area (Å²) in [4.78, 5) is 12.3. The molecule has 0 aliphatic carbocycles. The van der Waals surface area contributed by atoms with Gasteiger partial charge in [-0.05, 0) is 61.1 Å². The SMILES string of the molecule is Cc1cc(OC(C)C(=O)NCCOc2ccccc2C(C)(C)C)cc(C)c1Cl. The fourth-order valence-corrected chi connectivity index (χ4v) is 3.03. The molecule has 0 saturated carbocycles. The Hall–Kier alpha value is -2.20. The van der Waals surface area contributed by atoms with E-state index in [1.807, 2.05) is 44.2 Å². The monoisotopic (exact) mass is 403 g/mol. The van der Waals surface area contributed by atoms with Crippen molar-refractivity contribution in [1.29, 1.82) is 0 Å². The first kappa shape index (κ1) is 22.1. The molecule has 2 aromatic rings. The Morgan fingerprint density at radius 3 is 2.36 bits per heavy atom. The smallest absolute Gasteiger partial charge is 0.260 e. The van der Waals surface area contributed by atoms with Gasteiger partial charge in [0.15, 0.2) is 6.10 Å². The second-order valence-corrected chi connectivity index (χ2v) is 8.39. The number of nitrogens with one attached hydrogen (secondary N) is 1. The highest BCUT2D eigenvalue weighted by Crippen LogP contribution is 2.30. The number of carbonyl (C=O) groups excluding carboxylic acids is 1. The minimum atomic E-state index is -0.609. The fourth-order valence-electron chi connectivity index (χ4n) is 2.92. The van der Waals surface area contributed by atoms with E-state index in [4.69, 9.17) is 21.1 Å². The predicted octanol–water partition coefficient (Wildman–Crippen LogP) is 5.22. The lowest BCUT2D eigenvalue weighted by atomic mass is 9.86. The number of ether oxygens (including phenoxy) is 2. The number of rotatable bonds is 7. The molecular formula is C23H30ClNO3. The van der Waals surface area contributed by atoms with Crippen LogP contribution in [0.1, 0.15) is 44.4 Å². The lowest BCUT2D eigenvalue weighted by molar-refractivity contribution is -0.127. The Balaban J connectivity index is 1.85. The van der Waals surface area contributed by atoms with E-state index in [9.17, 15) is 4.79 Å². The summed E-state index contributed by atoms with van der Waals surface area (Å²) in [6, 6.07) is 11.7. The van der Waals surface area contributed by atoms with Crippen LogP contribution in [-0.4, -0.2) is 25.2 Å². The van der Waals surface area contributed by atoms with Gasteiger partial charge in [-0.3, -0.25) is 4.79 Å². The van der Waals surface area contributed by atoms with E-state index in [1.165, 1.54) is 0 Å². The summed E-state index contributed by atoms with van der Waals surface area (Å²) in [6.45, 7) is 12.8. The summed E-state index contributed by atoms with van der Waals surface area (Å²) in [6.07, 6.45) is -0.609. The third-order valence-electron chi connectivity index (χ3n) is 4.45. The summed E-state index contributed by atoms with van der Waals surface area (Å²) in [7, 11) is 0. The molecule has 0 fully saturated rings. The van der Waals surface area contributed by atoms with Crippen molar-refractivity contribution >= 4 is 17.5 Å². The molecule has 1 amide bonds. The number of carbonyl (C=O) groups is 1. The molecule has 5 heteroatoms. The maximum absolute atomic E-state index is 12.3. The first-order valence-corrected chi connectivity index (χ1v) is 9.91. The van der Waals surface area contributed by atoms with Crippen molar-refractivity contribution in [2.75, 3.05) is 13.2 Å². The Morgan fingerprint density at radius 2 is 1.75 bits per heavy atom. The average molecular weight is 404 g/mol. The van der Waals surface area contributed by atoms with Crippen LogP contribution in [0.15, 0.2) is 36.4 Å². The second kappa shape index (κ2) is 9.33. The lowest BCUT2D eigenvalue weighted by Crippen LogP contribution is -2.38. The standard InChI is InChI=1S/C23H30ClNO3/c1-15-13-18(14-16(2)21(15)24)28-17(3)22(26)25-11-12-27-20-10-8-7-9-19(20)23(4,5)6/h7-10,13-14,17H,11-12H2,1-6H3,(H,25,26). The van der Waals surface area contributed by atoms with Gasteiger partial charge >= 0.3 is 0 Å². The molecule has 0 radical (unpaired) electrons. The molecule has 2 aromatic carbocycles. The number of benzene rings is 2. The van der Waals surface area contributed by atoms with Crippen LogP contribution in [0, 0.1) is 13.8 Å². The third-order valence-corrected chi connectivity index (χ3v) is 5.04. The highest BCUT2D eigenvalue weighted by Gasteiger charge is 2.19. The van der Waals surface area contributed by atoms with E-state index in [2.05, 4.69) is 32.2 Å². The maximum Gasteiger partial charge on any atom is 0.260 e. The molecule has 2 rings (SSSR count). The number of aryl methyl sites for hydroxylation is 2. The van der Waals surface area contributed by atoms with Crippen molar-refractivity contribution in [3.8, 4) is 11.5 Å². The third kappa shape index (κ3) is 5.90. The highest BCUT2D eigenvalue weighted by atomic mass is 35.5. The molecule has 0 spiro atoms. The molecule has 0 heterocycles. The summed E-state index contributed by atoms with van der Waals surface area (Å²) >= 11 is 6.17. The molecule has 1 atom stereocenters. The molecule has 0 aromatic heterocycles. The molecule has 0 saturated heterocycles. The van der Waals surface area contributed by atoms with Crippen LogP contribution in [0.5, 0.6) is 11.5 Å². The van der Waals surface area contributed by atoms with Gasteiger partial charge in [-0.15, -0.1) is 0 Å². The molecule has 1 unspecified atom stereocenters. The van der Waals surface area contributed by atoms with Gasteiger partial charge in [-0.1, -0.05) is 50.6 Å². The predicted molar refractivity (Wildman–Crippen MR) is 115 cm³/mol. The average Bonchev–Trinajstić information content (AvgIpc) is 2.62. The molecule has 0 bridgehead atoms. The van der Waals surface area contributed by atoms with Gasteiger partial charge in [-0.25, -0.2) is 0 Å². The van der Waals surface area contributed by atoms with Crippen LogP contribution >= 0.6 is 11.6 Å². The van der Waals surface area contributed by atoms with Gasteiger partial charge in [0.2, 0.25) is 0 Å². The van der Waals surface area contributed by atoms with Crippen LogP contribution in [0.2, 0.25) is 5.02 Å². The van der Waals surface area contributed by atoms with E-state index >= 15 is 0 Å². The van der Waals surface area contributed by atoms with Crippen molar-refractivity contribution in [3.05, 3.63) is 58.1 Å². The summed E-state index contributed by atoms with van der Waals surface area (Å²) in [5.74, 6) is 1.30. The zero-order chi connectivity index (χ0) is 20.9. The minimum absolute atomic E-state index is 0.00294. The van der Waals surface area contributed by atoms with E-state index in [-0.39, 0.29) is 11.3 Å². The van der Waals surface area contributed by atoms with Gasteiger partial charge in [-0.2, -0.15) is 0 Å². The molecule has 28 heavy (non-hydrogen) atoms. The number of hydrogen-bond donors (Lipinski definition) is 1. The Kier molecular flexibility index (Phi) is 7.36. The van der Waals surface area contributed by atoms with Gasteiger partial charge in [0.1, 0.15) is 18.1 Å². The normalized spacial score (nSPS) is 12.4. The zero-order valence-corrected chi connectivity index (χ0v) is 18.3. The first-order valence-electron chi connectivity index (χ1n) is 9.53. The summed E-state index contributed by atoms with van der Waals surface area (Å²) < 4.78 is 11.6. The van der Waals surface area contributed by atoms with E-state index in [1.54, 1.807) is 6.92 Å². The van der Waals surface area contributed by atoms with Crippen LogP contribution in [0.4, 0.5) is 0 Å². The minimum Gasteiger partial charge on any atom is -0.491 e. The zero-order valence-electron chi connectivity index (χ0n) is 17.6. The number of amides is 1. The second-order valence-electron chi connectivity index (χ2n) is 8.02. The van der Waals surface area contributed by atoms with E-state index in [0.717, 1.165) is 27.5 Å². The van der Waals surface area contributed by atoms with Gasteiger partial charge in [0, 0.05) is 5.02 Å². The van der Waals surface area contributed by atoms with E-state index in [0.29, 0.717) is 18.9 Å². The van der Waals surface area contributed by atoms with Crippen molar-refractivity contribution < 1.29 is 14.3 Å². The van der Waals surface area contributed by atoms with Crippen LogP contribution in [0.3, 0.4) is 0 Å². The van der Waals surface area contributed by atoms with Gasteiger partial charge in [0.25, 0.3) is 5.91 Å². The van der Waals surface area contributed by atoms with Gasteiger partial charge < -0.3 is 14.8 Å². The quantitative estimate of drug-likeness (QED) is 0.645. The lowest BCUT2D eigenvalue weighted by Gasteiger charge is -2.22. The largest absolute Gasteiger partial charge is 0.491 e. The molecular weight excluding hydrogens is 374 g/mol. The molecule has 0 aliphatic rings. The van der Waals surface area contributed by atoms with Crippen LogP contribution in [-0.2, 0) is 10.2 Å². The fraction of sp³-hybridized carbons (Fsp3) is 0.435. The van der Waals surface area contributed by atoms with Gasteiger partial charge in [0.05, 0.1) is 6.54 Å². The first-order chi connectivity index (χ1) is 13.1. The van der Waals surface area contributed by atoms with Crippen molar-refractivity contribution in [2.45, 2.75) is 53.1 Å². The number of para-hydroxylation sites is 1. The molecule has 1 N–H and O–H groups in total. The Morgan fingerprint density at radius 1 is 1.14 bits per heavy atom. The summed E-state index contributed by atoms with van der Waals surface area (Å²) in [5.41, 5.74) is 2.99. The van der Waals surface area contributed by atoms with Crippen LogP contribution < -0.4 is 14.8 Å². The highest BCUT2D eigenvalue weighted by molar-refractivity contribution is 6.32. The van der Waals surface area contributed by atoms with E-state index < -0.39 is 6.10 Å². The molecule has 0 aliphatic heterocycles. The topological polar surface area (TPSA) is 47.6 Å². The summed E-state index contributed by atoms with van der Waals surface area (Å²) in [5, 5.41) is 3.58. The van der Waals surface area contributed by atoms with Crippen molar-refractivity contribution in [3.63, 3.8) is 0 Å². The number of halogens is 1. The van der Waals surface area contributed by atoms with Crippen molar-refractivity contribution in [1.82, 2.24) is 5.32 Å². The van der Waals surface area contributed by atoms with Crippen LogP contribution in [0.25, 0.3) is 0 Å². The Bertz CT molecular complexity index is 804. The molecule has 4 nitrogen and oxygen atoms in total. The Labute approximate surface area is 173 Å².